The fourth-order valence-electron chi connectivity index (χ4n) is 2.12. The predicted molar refractivity (Wildman–Crippen MR) is 72.8 cm³/mol. The highest BCUT2D eigenvalue weighted by Gasteiger charge is 2.06. The van der Waals surface area contributed by atoms with Crippen LogP contribution in [0.5, 0.6) is 0 Å². The molecule has 0 heterocycles. The molecule has 1 aromatic carbocycles. The second kappa shape index (κ2) is 5.67. The van der Waals surface area contributed by atoms with Gasteiger partial charge in [-0.15, -0.1) is 0 Å². The second-order valence-electron chi connectivity index (χ2n) is 4.60. The maximum Gasteiger partial charge on any atom is 0.162 e. The van der Waals surface area contributed by atoms with Crippen molar-refractivity contribution in [1.82, 2.24) is 0 Å². The Hall–Kier alpha value is -1.83. The smallest absolute Gasteiger partial charge is 0.162 e. The summed E-state index contributed by atoms with van der Waals surface area (Å²) in [6.45, 7) is 1.87. The zero-order valence-corrected chi connectivity index (χ0v) is 10.6. The van der Waals surface area contributed by atoms with Crippen molar-refractivity contribution in [3.8, 4) is 0 Å². The monoisotopic (exact) mass is 242 g/mol. The Labute approximate surface area is 108 Å². The molecule has 94 valence electrons. The van der Waals surface area contributed by atoms with E-state index in [-0.39, 0.29) is 5.78 Å². The molecule has 0 radical (unpaired) electrons. The van der Waals surface area contributed by atoms with Crippen molar-refractivity contribution < 1.29 is 9.90 Å². The third-order valence-electron chi connectivity index (χ3n) is 3.16. The Morgan fingerprint density at radius 1 is 1.28 bits per heavy atom. The summed E-state index contributed by atoms with van der Waals surface area (Å²) in [5.41, 5.74) is 3.09. The van der Waals surface area contributed by atoms with Gasteiger partial charge < -0.3 is 5.11 Å². The summed E-state index contributed by atoms with van der Waals surface area (Å²) in [5.74, 6) is 0.640. The van der Waals surface area contributed by atoms with Gasteiger partial charge in [-0.25, -0.2) is 0 Å². The van der Waals surface area contributed by atoms with Crippen LogP contribution in [0.4, 0.5) is 0 Å². The van der Waals surface area contributed by atoms with E-state index in [1.165, 1.54) is 5.56 Å². The highest BCUT2D eigenvalue weighted by molar-refractivity contribution is 5.95. The molecule has 0 unspecified atom stereocenters. The lowest BCUT2D eigenvalue weighted by atomic mass is 9.97. The van der Waals surface area contributed by atoms with Gasteiger partial charge in [-0.05, 0) is 30.1 Å². The summed E-state index contributed by atoms with van der Waals surface area (Å²) in [5, 5.41) is 9.48. The lowest BCUT2D eigenvalue weighted by Gasteiger charge is -2.10. The maximum absolute atomic E-state index is 11.5. The van der Waals surface area contributed by atoms with Crippen molar-refractivity contribution in [2.75, 3.05) is 0 Å². The van der Waals surface area contributed by atoms with Crippen LogP contribution in [-0.4, -0.2) is 10.9 Å². The molecule has 1 N–H and O–H groups in total. The van der Waals surface area contributed by atoms with Gasteiger partial charge in [0.25, 0.3) is 0 Å². The first-order chi connectivity index (χ1) is 8.69. The van der Waals surface area contributed by atoms with Crippen LogP contribution in [0.2, 0.25) is 0 Å². The van der Waals surface area contributed by atoms with Crippen LogP contribution in [0.25, 0.3) is 0 Å². The van der Waals surface area contributed by atoms with Crippen LogP contribution in [0.3, 0.4) is 0 Å². The molecule has 2 nitrogen and oxygen atoms in total. The van der Waals surface area contributed by atoms with E-state index in [2.05, 4.69) is 6.08 Å². The minimum atomic E-state index is 0.177. The zero-order valence-electron chi connectivity index (χ0n) is 10.6. The Balaban J connectivity index is 2.07. The fraction of sp³-hybridized carbons (Fsp3) is 0.312. The van der Waals surface area contributed by atoms with Crippen LogP contribution in [0.1, 0.15) is 42.1 Å². The topological polar surface area (TPSA) is 37.3 Å². The van der Waals surface area contributed by atoms with E-state index in [0.717, 1.165) is 30.4 Å². The summed E-state index contributed by atoms with van der Waals surface area (Å²) in [6, 6.07) is 7.74. The molecule has 18 heavy (non-hydrogen) atoms. The number of ketones is 1. The van der Waals surface area contributed by atoms with Gasteiger partial charge in [0.1, 0.15) is 0 Å². The van der Waals surface area contributed by atoms with Crippen molar-refractivity contribution in [3.63, 3.8) is 0 Å². The molecular weight excluding hydrogens is 224 g/mol. The lowest BCUT2D eigenvalue weighted by Crippen LogP contribution is -1.98. The minimum absolute atomic E-state index is 0.177. The summed E-state index contributed by atoms with van der Waals surface area (Å²) in [6.07, 6.45) is 7.00. The van der Waals surface area contributed by atoms with E-state index in [9.17, 15) is 9.90 Å². The molecule has 1 aliphatic rings. The quantitative estimate of drug-likeness (QED) is 0.811. The van der Waals surface area contributed by atoms with Crippen molar-refractivity contribution in [1.29, 1.82) is 0 Å². The molecule has 0 bridgehead atoms. The molecule has 1 aliphatic carbocycles. The van der Waals surface area contributed by atoms with Crippen LogP contribution in [0, 0.1) is 0 Å². The van der Waals surface area contributed by atoms with E-state index >= 15 is 0 Å². The third kappa shape index (κ3) is 3.10. The van der Waals surface area contributed by atoms with Gasteiger partial charge in [0.2, 0.25) is 0 Å². The van der Waals surface area contributed by atoms with Crippen molar-refractivity contribution in [2.24, 2.45) is 0 Å². The Kier molecular flexibility index (Phi) is 3.98. The van der Waals surface area contributed by atoms with Gasteiger partial charge in [0.15, 0.2) is 5.78 Å². The lowest BCUT2D eigenvalue weighted by molar-refractivity contribution is 0.0988. The summed E-state index contributed by atoms with van der Waals surface area (Å²) in [7, 11) is 0. The molecular formula is C16H18O2. The standard InChI is InChI=1S/C16H18O2/c1-2-16(18)14-8-6-12(7-9-14)10-13-4-3-5-15(17)11-13/h4,6-9,11,17H,2-3,5,10H2,1H3. The van der Waals surface area contributed by atoms with Crippen LogP contribution < -0.4 is 0 Å². The van der Waals surface area contributed by atoms with Gasteiger partial charge in [-0.3, -0.25) is 4.79 Å². The number of carbonyl (C=O) groups excluding carboxylic acids is 1. The van der Waals surface area contributed by atoms with Crippen LogP contribution >= 0.6 is 0 Å². The van der Waals surface area contributed by atoms with Gasteiger partial charge >= 0.3 is 0 Å². The number of rotatable bonds is 4. The van der Waals surface area contributed by atoms with Crippen molar-refractivity contribution >= 4 is 5.78 Å². The largest absolute Gasteiger partial charge is 0.512 e. The summed E-state index contributed by atoms with van der Waals surface area (Å²) >= 11 is 0. The number of Topliss-reactive ketones (excluding diaryl/α,β-unsaturated/α-hetero) is 1. The molecule has 1 aromatic rings. The van der Waals surface area contributed by atoms with E-state index in [0.29, 0.717) is 12.2 Å². The van der Waals surface area contributed by atoms with E-state index in [1.807, 2.05) is 37.3 Å². The van der Waals surface area contributed by atoms with Gasteiger partial charge in [0.05, 0.1) is 5.76 Å². The van der Waals surface area contributed by atoms with Gasteiger partial charge in [-0.1, -0.05) is 37.3 Å². The Morgan fingerprint density at radius 2 is 2.00 bits per heavy atom. The highest BCUT2D eigenvalue weighted by atomic mass is 16.3. The normalized spacial score (nSPS) is 14.9. The fourth-order valence-corrected chi connectivity index (χ4v) is 2.12. The average molecular weight is 242 g/mol. The summed E-state index contributed by atoms with van der Waals surface area (Å²) < 4.78 is 0. The highest BCUT2D eigenvalue weighted by Crippen LogP contribution is 2.19. The second-order valence-corrected chi connectivity index (χ2v) is 4.60. The van der Waals surface area contributed by atoms with Gasteiger partial charge in [0, 0.05) is 18.4 Å². The number of carbonyl (C=O) groups is 1. The molecule has 0 fully saturated rings. The average Bonchev–Trinajstić information content (AvgIpc) is 2.39. The molecule has 2 heteroatoms. The molecule has 0 saturated carbocycles. The molecule has 0 saturated heterocycles. The molecule has 0 atom stereocenters. The molecule has 0 aromatic heterocycles. The number of hydrogen-bond acceptors (Lipinski definition) is 2. The van der Waals surface area contributed by atoms with Crippen molar-refractivity contribution in [2.45, 2.75) is 32.6 Å². The maximum atomic E-state index is 11.5. The first-order valence-electron chi connectivity index (χ1n) is 6.39. The molecule has 2 rings (SSSR count). The van der Waals surface area contributed by atoms with Crippen molar-refractivity contribution in [3.05, 3.63) is 58.9 Å². The minimum Gasteiger partial charge on any atom is -0.512 e. The number of hydrogen-bond donors (Lipinski definition) is 1. The zero-order chi connectivity index (χ0) is 13.0. The molecule has 0 aliphatic heterocycles. The number of aliphatic hydroxyl groups excluding tert-OH is 1. The summed E-state index contributed by atoms with van der Waals surface area (Å²) in [4.78, 5) is 11.5. The van der Waals surface area contributed by atoms with Gasteiger partial charge in [-0.2, -0.15) is 0 Å². The SMILES string of the molecule is CCC(=O)c1ccc(CC2=CCCC(O)=C2)cc1. The van der Waals surface area contributed by atoms with Crippen LogP contribution in [-0.2, 0) is 6.42 Å². The van der Waals surface area contributed by atoms with E-state index < -0.39 is 0 Å². The number of allylic oxidation sites excluding steroid dienone is 4. The first kappa shape index (κ1) is 12.6. The van der Waals surface area contributed by atoms with E-state index in [4.69, 9.17) is 0 Å². The third-order valence-corrected chi connectivity index (χ3v) is 3.16. The molecule has 0 spiro atoms. The van der Waals surface area contributed by atoms with Crippen LogP contribution in [0.15, 0.2) is 47.7 Å². The Morgan fingerprint density at radius 3 is 2.61 bits per heavy atom. The number of benzene rings is 1. The first-order valence-corrected chi connectivity index (χ1v) is 6.39. The Bertz CT molecular complexity index is 492. The van der Waals surface area contributed by atoms with E-state index in [1.54, 1.807) is 0 Å². The number of aliphatic hydroxyl groups is 1. The molecule has 0 amide bonds. The predicted octanol–water partition coefficient (Wildman–Crippen LogP) is 3.98.